The van der Waals surface area contributed by atoms with Crippen molar-refractivity contribution < 1.29 is 19.2 Å². The number of piperidine rings is 2. The third kappa shape index (κ3) is 7.61. The first-order chi connectivity index (χ1) is 29.0. The molecule has 15 nitrogen and oxygen atoms in total. The lowest BCUT2D eigenvalue weighted by Crippen LogP contribution is -2.52. The number of ketones is 1. The molecule has 0 spiro atoms. The summed E-state index contributed by atoms with van der Waals surface area (Å²) in [5.74, 6) is 0.456. The number of anilines is 4. The number of Topliss-reactive ketones (excluding diaryl/α,β-unsaturated/α-hetero) is 1. The first-order valence-electron chi connectivity index (χ1n) is 21.4. The maximum Gasteiger partial charge on any atom is 0.263 e. The lowest BCUT2D eigenvalue weighted by atomic mass is 9.93. The minimum absolute atomic E-state index is 0.0151. The molecule has 4 aliphatic heterocycles. The maximum atomic E-state index is 13.6. The number of carbonyl (C=O) groups is 4. The molecule has 9 rings (SSSR count). The number of amides is 3. The van der Waals surface area contributed by atoms with Gasteiger partial charge in [0.25, 0.3) is 11.5 Å². The van der Waals surface area contributed by atoms with Crippen molar-refractivity contribution in [1.29, 1.82) is 0 Å². The van der Waals surface area contributed by atoms with Crippen molar-refractivity contribution in [3.8, 4) is 0 Å². The second kappa shape index (κ2) is 16.6. The number of hydrogen-bond acceptors (Lipinski definition) is 12. The van der Waals surface area contributed by atoms with Gasteiger partial charge >= 0.3 is 0 Å². The van der Waals surface area contributed by atoms with Crippen LogP contribution in [0.1, 0.15) is 103 Å². The highest BCUT2D eigenvalue weighted by Crippen LogP contribution is 2.39. The fourth-order valence-corrected chi connectivity index (χ4v) is 10.3. The van der Waals surface area contributed by atoms with Crippen LogP contribution in [0.4, 0.5) is 23.1 Å². The Morgan fingerprint density at radius 3 is 2.37 bits per heavy atom. The van der Waals surface area contributed by atoms with Crippen LogP contribution < -0.4 is 26.0 Å². The summed E-state index contributed by atoms with van der Waals surface area (Å²) in [6.07, 6.45) is 11.4. The Morgan fingerprint density at radius 2 is 1.67 bits per heavy atom. The Kier molecular flexibility index (Phi) is 11.0. The molecular weight excluding hydrogens is 784 g/mol. The van der Waals surface area contributed by atoms with Crippen molar-refractivity contribution in [1.82, 2.24) is 34.6 Å². The highest BCUT2D eigenvalue weighted by Gasteiger charge is 2.40. The van der Waals surface area contributed by atoms with Gasteiger partial charge < -0.3 is 20.0 Å². The van der Waals surface area contributed by atoms with Crippen LogP contribution in [0.25, 0.3) is 11.0 Å². The molecule has 1 unspecified atom stereocenters. The van der Waals surface area contributed by atoms with Gasteiger partial charge in [0.05, 0.1) is 28.2 Å². The third-order valence-corrected chi connectivity index (χ3v) is 13.8. The Labute approximate surface area is 353 Å². The Hall–Kier alpha value is -5.41. The first kappa shape index (κ1) is 40.0. The summed E-state index contributed by atoms with van der Waals surface area (Å²) in [5, 5.41) is 6.88. The van der Waals surface area contributed by atoms with Crippen LogP contribution in [0.5, 0.6) is 0 Å². The standard InChI is InChI=1S/C44H51ClN10O5/c1-26-32-24-47-44(50-40(32)55(29-5-3-4-6-29)43(60)38(26)27(2)56)48-36-11-7-30(23-46-36)52-17-14-28(15-18-52)13-16-51-19-21-53(22-20-51)34-9-8-31-33(39(34)45)25-54(42(31)59)35-10-12-37(57)49-41(35)58/h7-9,11,23-24,28-29,35H,3-6,10,12-22,25H2,1-2H3,(H,49,57,58)(H,46,47,48,50). The number of imide groups is 1. The molecule has 5 aliphatic rings. The molecule has 0 radical (unpaired) electrons. The maximum absolute atomic E-state index is 13.6. The van der Waals surface area contributed by atoms with Gasteiger partial charge in [0.15, 0.2) is 5.78 Å². The smallest absolute Gasteiger partial charge is 0.263 e. The molecule has 314 valence electrons. The lowest BCUT2D eigenvalue weighted by Gasteiger charge is -2.38. The summed E-state index contributed by atoms with van der Waals surface area (Å²) in [4.78, 5) is 86.3. The van der Waals surface area contributed by atoms with E-state index in [0.717, 1.165) is 108 Å². The minimum atomic E-state index is -0.662. The van der Waals surface area contributed by atoms with Gasteiger partial charge in [-0.1, -0.05) is 24.4 Å². The van der Waals surface area contributed by atoms with Gasteiger partial charge in [-0.15, -0.1) is 0 Å². The summed E-state index contributed by atoms with van der Waals surface area (Å²) in [6, 6.07) is 7.13. The molecule has 1 aliphatic carbocycles. The third-order valence-electron chi connectivity index (χ3n) is 13.4. The number of fused-ring (bicyclic) bond motifs is 2. The van der Waals surface area contributed by atoms with Crippen LogP contribution in [-0.4, -0.2) is 105 Å². The van der Waals surface area contributed by atoms with Gasteiger partial charge in [0.2, 0.25) is 17.8 Å². The van der Waals surface area contributed by atoms with Gasteiger partial charge in [0.1, 0.15) is 17.5 Å². The van der Waals surface area contributed by atoms with E-state index in [1.54, 1.807) is 22.6 Å². The molecule has 1 atom stereocenters. The summed E-state index contributed by atoms with van der Waals surface area (Å²) in [6.45, 7) is 10.1. The van der Waals surface area contributed by atoms with E-state index in [1.165, 1.54) is 6.92 Å². The zero-order valence-corrected chi connectivity index (χ0v) is 35.0. The second-order valence-corrected chi connectivity index (χ2v) is 17.4. The molecule has 3 aromatic heterocycles. The highest BCUT2D eigenvalue weighted by molar-refractivity contribution is 6.35. The van der Waals surface area contributed by atoms with Crippen LogP contribution in [0.2, 0.25) is 5.02 Å². The number of aromatic nitrogens is 4. The van der Waals surface area contributed by atoms with E-state index in [2.05, 4.69) is 36.4 Å². The fraction of sp³-hybridized carbons (Fsp3) is 0.500. The molecule has 0 bridgehead atoms. The molecule has 2 N–H and O–H groups in total. The minimum Gasteiger partial charge on any atom is -0.370 e. The number of nitrogens with zero attached hydrogens (tertiary/aromatic N) is 8. The molecule has 1 aromatic carbocycles. The largest absolute Gasteiger partial charge is 0.370 e. The van der Waals surface area contributed by atoms with Gasteiger partial charge in [-0.25, -0.2) is 9.97 Å². The number of nitrogens with one attached hydrogen (secondary N) is 2. The fourth-order valence-electron chi connectivity index (χ4n) is 9.96. The SMILES string of the molecule is CC(=O)c1c(C)c2cnc(Nc3ccc(N4CCC(CCN5CCN(c6ccc7c(c6Cl)CN(C6CCC(=O)NC6=O)C7=O)CC5)CC4)cn3)nc2n(C2CCCC2)c1=O. The Balaban J connectivity index is 0.753. The first-order valence-corrected chi connectivity index (χ1v) is 21.8. The lowest BCUT2D eigenvalue weighted by molar-refractivity contribution is -0.136. The molecule has 1 saturated carbocycles. The van der Waals surface area contributed by atoms with E-state index in [9.17, 15) is 24.0 Å². The topological polar surface area (TPSA) is 166 Å². The van der Waals surface area contributed by atoms with Gasteiger partial charge in [-0.3, -0.25) is 38.8 Å². The summed E-state index contributed by atoms with van der Waals surface area (Å²) in [5.41, 5.74) is 4.42. The number of aryl methyl sites for hydroxylation is 1. The van der Waals surface area contributed by atoms with E-state index in [1.807, 2.05) is 24.4 Å². The Morgan fingerprint density at radius 1 is 0.900 bits per heavy atom. The normalized spacial score (nSPS) is 20.6. The van der Waals surface area contributed by atoms with Crippen molar-refractivity contribution >= 4 is 69.3 Å². The predicted molar refractivity (Wildman–Crippen MR) is 229 cm³/mol. The van der Waals surface area contributed by atoms with E-state index in [-0.39, 0.29) is 47.7 Å². The number of benzene rings is 1. The van der Waals surface area contributed by atoms with E-state index in [4.69, 9.17) is 21.6 Å². The van der Waals surface area contributed by atoms with Gasteiger partial charge in [-0.05, 0) is 94.7 Å². The molecule has 4 fully saturated rings. The number of piperazine rings is 1. The zero-order valence-electron chi connectivity index (χ0n) is 34.2. The average Bonchev–Trinajstić information content (AvgIpc) is 3.89. The number of hydrogen-bond donors (Lipinski definition) is 2. The predicted octanol–water partition coefficient (Wildman–Crippen LogP) is 5.40. The zero-order chi connectivity index (χ0) is 41.7. The van der Waals surface area contributed by atoms with Crippen molar-refractivity contribution in [3.05, 3.63) is 74.3 Å². The monoisotopic (exact) mass is 834 g/mol. The second-order valence-electron chi connectivity index (χ2n) is 17.0. The summed E-state index contributed by atoms with van der Waals surface area (Å²) >= 11 is 6.95. The van der Waals surface area contributed by atoms with Crippen molar-refractivity contribution in [2.75, 3.05) is 60.9 Å². The Bertz CT molecular complexity index is 2420. The number of rotatable bonds is 10. The van der Waals surface area contributed by atoms with Crippen LogP contribution >= 0.6 is 11.6 Å². The van der Waals surface area contributed by atoms with E-state index < -0.39 is 11.9 Å². The summed E-state index contributed by atoms with van der Waals surface area (Å²) in [7, 11) is 0. The van der Waals surface area contributed by atoms with Crippen LogP contribution in [0.3, 0.4) is 0 Å². The van der Waals surface area contributed by atoms with Crippen molar-refractivity contribution in [2.45, 2.75) is 90.3 Å². The number of carbonyl (C=O) groups excluding carboxylic acids is 4. The van der Waals surface area contributed by atoms with Crippen LogP contribution in [0.15, 0.2) is 41.5 Å². The van der Waals surface area contributed by atoms with E-state index in [0.29, 0.717) is 51.3 Å². The van der Waals surface area contributed by atoms with Crippen LogP contribution in [-0.2, 0) is 16.1 Å². The molecule has 3 saturated heterocycles. The number of halogens is 1. The van der Waals surface area contributed by atoms with Crippen LogP contribution in [0, 0.1) is 12.8 Å². The van der Waals surface area contributed by atoms with Gasteiger partial charge in [-0.2, -0.15) is 4.98 Å². The van der Waals surface area contributed by atoms with Crippen molar-refractivity contribution in [3.63, 3.8) is 0 Å². The quantitative estimate of drug-likeness (QED) is 0.155. The summed E-state index contributed by atoms with van der Waals surface area (Å²) < 4.78 is 1.72. The average molecular weight is 835 g/mol. The van der Waals surface area contributed by atoms with Crippen molar-refractivity contribution in [2.24, 2.45) is 5.92 Å². The molecular formula is C44H51ClN10O5. The molecule has 7 heterocycles. The molecule has 4 aromatic rings. The molecule has 3 amide bonds. The highest BCUT2D eigenvalue weighted by atomic mass is 35.5. The van der Waals surface area contributed by atoms with Gasteiger partial charge in [0, 0.05) is 81.0 Å². The molecule has 60 heavy (non-hydrogen) atoms. The molecule has 16 heteroatoms. The number of pyridine rings is 2. The van der Waals surface area contributed by atoms with E-state index >= 15 is 0 Å².